The first-order chi connectivity index (χ1) is 9.17. The molecule has 0 saturated carbocycles. The maximum Gasteiger partial charge on any atom is 0.171 e. The first-order valence-corrected chi connectivity index (χ1v) is 8.18. The lowest BCUT2D eigenvalue weighted by molar-refractivity contribution is -0.343. The summed E-state index contributed by atoms with van der Waals surface area (Å²) in [7, 11) is 0. The first kappa shape index (κ1) is 16.3. The number of hydrogen-bond donors (Lipinski definition) is 0. The van der Waals surface area contributed by atoms with Gasteiger partial charge in [0, 0.05) is 11.8 Å². The molecule has 0 radical (unpaired) electrons. The van der Waals surface area contributed by atoms with Crippen LogP contribution in [0, 0.1) is 29.6 Å². The summed E-state index contributed by atoms with van der Waals surface area (Å²) in [6.07, 6.45) is 0.310. The van der Waals surface area contributed by atoms with Crippen LogP contribution in [0.4, 0.5) is 0 Å². The third kappa shape index (κ3) is 2.65. The normalized spacial score (nSPS) is 57.0. The summed E-state index contributed by atoms with van der Waals surface area (Å²) in [5, 5.41) is 0. The Hall–Kier alpha value is -0.120. The van der Waals surface area contributed by atoms with E-state index in [9.17, 15) is 0 Å². The molecule has 0 aromatic heterocycles. The van der Waals surface area contributed by atoms with Crippen molar-refractivity contribution in [3.05, 3.63) is 0 Å². The van der Waals surface area contributed by atoms with Crippen LogP contribution >= 0.6 is 0 Å². The summed E-state index contributed by atoms with van der Waals surface area (Å²) in [6.45, 7) is 17.6. The average molecular weight is 284 g/mol. The zero-order valence-corrected chi connectivity index (χ0v) is 14.3. The molecular formula is C17H32O3. The van der Waals surface area contributed by atoms with Crippen LogP contribution in [0.5, 0.6) is 0 Å². The second-order valence-corrected chi connectivity index (χ2v) is 7.39. The van der Waals surface area contributed by atoms with Gasteiger partial charge in [0.25, 0.3) is 0 Å². The van der Waals surface area contributed by atoms with Crippen LogP contribution in [0.2, 0.25) is 0 Å². The molecule has 9 unspecified atom stereocenters. The summed E-state index contributed by atoms with van der Waals surface area (Å²) in [5.74, 6) is 1.90. The minimum Gasteiger partial charge on any atom is -0.349 e. The largest absolute Gasteiger partial charge is 0.349 e. The van der Waals surface area contributed by atoms with Gasteiger partial charge in [-0.2, -0.15) is 0 Å². The highest BCUT2D eigenvalue weighted by Gasteiger charge is 2.50. The lowest BCUT2D eigenvalue weighted by Crippen LogP contribution is -2.49. The Morgan fingerprint density at radius 3 is 1.85 bits per heavy atom. The van der Waals surface area contributed by atoms with Crippen molar-refractivity contribution in [1.82, 2.24) is 0 Å². The van der Waals surface area contributed by atoms with Crippen LogP contribution in [0.1, 0.15) is 55.4 Å². The molecular weight excluding hydrogens is 252 g/mol. The van der Waals surface area contributed by atoms with Crippen LogP contribution in [-0.4, -0.2) is 24.3 Å². The van der Waals surface area contributed by atoms with Gasteiger partial charge in [-0.3, -0.25) is 0 Å². The van der Waals surface area contributed by atoms with Gasteiger partial charge in [-0.25, -0.2) is 0 Å². The zero-order chi connectivity index (χ0) is 15.2. The van der Waals surface area contributed by atoms with Gasteiger partial charge in [0.2, 0.25) is 0 Å². The van der Waals surface area contributed by atoms with Gasteiger partial charge in [-0.1, -0.05) is 34.6 Å². The Labute approximate surface area is 124 Å². The molecule has 2 fully saturated rings. The van der Waals surface area contributed by atoms with E-state index in [2.05, 4.69) is 55.4 Å². The molecule has 3 heteroatoms. The first-order valence-electron chi connectivity index (χ1n) is 8.18. The fraction of sp³-hybridized carbons (Fsp3) is 1.00. The van der Waals surface area contributed by atoms with E-state index in [1.54, 1.807) is 0 Å². The van der Waals surface area contributed by atoms with E-state index >= 15 is 0 Å². The van der Waals surface area contributed by atoms with E-state index in [1.807, 2.05) is 0 Å². The Morgan fingerprint density at radius 1 is 0.750 bits per heavy atom. The molecule has 0 amide bonds. The molecule has 2 heterocycles. The Balaban J connectivity index is 2.09. The van der Waals surface area contributed by atoms with Gasteiger partial charge in [0.05, 0.1) is 12.2 Å². The Bertz CT molecular complexity index is 345. The molecule has 0 aromatic carbocycles. The predicted molar refractivity (Wildman–Crippen MR) is 80.2 cm³/mol. The Kier molecular flexibility index (Phi) is 4.54. The van der Waals surface area contributed by atoms with E-state index in [-0.39, 0.29) is 18.5 Å². The summed E-state index contributed by atoms with van der Waals surface area (Å²) in [6, 6.07) is 0. The van der Waals surface area contributed by atoms with Gasteiger partial charge in [-0.15, -0.1) is 0 Å². The molecule has 0 aliphatic carbocycles. The van der Waals surface area contributed by atoms with E-state index in [1.165, 1.54) is 0 Å². The third-order valence-electron chi connectivity index (χ3n) is 6.30. The molecule has 3 nitrogen and oxygen atoms in total. The van der Waals surface area contributed by atoms with E-state index < -0.39 is 5.79 Å². The van der Waals surface area contributed by atoms with Gasteiger partial charge < -0.3 is 14.2 Å². The second-order valence-electron chi connectivity index (χ2n) is 7.39. The summed E-state index contributed by atoms with van der Waals surface area (Å²) < 4.78 is 18.6. The topological polar surface area (TPSA) is 27.7 Å². The molecule has 0 bridgehead atoms. The van der Waals surface area contributed by atoms with Crippen LogP contribution in [-0.2, 0) is 14.2 Å². The molecule has 20 heavy (non-hydrogen) atoms. The standard InChI is InChI=1S/C17H32O3/c1-9-10(2)14(6)18-16(11(9)3)20-17(8)13(5)12(4)15(7)19-17/h9-16H,1-8H3. The molecule has 2 saturated heterocycles. The molecule has 0 N–H and O–H groups in total. The van der Waals surface area contributed by atoms with Crippen molar-refractivity contribution in [2.24, 2.45) is 29.6 Å². The number of rotatable bonds is 2. The SMILES string of the molecule is CC1OC(OC2(C)OC(C)C(C)C2C)C(C)C(C)C1C. The smallest absolute Gasteiger partial charge is 0.171 e. The highest BCUT2D eigenvalue weighted by atomic mass is 16.8. The summed E-state index contributed by atoms with van der Waals surface area (Å²) >= 11 is 0. The average Bonchev–Trinajstić information content (AvgIpc) is 2.57. The van der Waals surface area contributed by atoms with E-state index in [0.29, 0.717) is 29.6 Å². The predicted octanol–water partition coefficient (Wildman–Crippen LogP) is 4.06. The quantitative estimate of drug-likeness (QED) is 0.765. The van der Waals surface area contributed by atoms with Crippen molar-refractivity contribution >= 4 is 0 Å². The molecule has 0 spiro atoms. The van der Waals surface area contributed by atoms with E-state index in [4.69, 9.17) is 14.2 Å². The van der Waals surface area contributed by atoms with Crippen molar-refractivity contribution in [2.45, 2.75) is 79.7 Å². The highest BCUT2D eigenvalue weighted by Crippen LogP contribution is 2.44. The van der Waals surface area contributed by atoms with Gasteiger partial charge in [0.15, 0.2) is 12.1 Å². The maximum atomic E-state index is 6.35. The zero-order valence-electron chi connectivity index (χ0n) is 14.3. The second kappa shape index (κ2) is 5.58. The van der Waals surface area contributed by atoms with Crippen LogP contribution in [0.15, 0.2) is 0 Å². The molecule has 2 aliphatic heterocycles. The monoisotopic (exact) mass is 284 g/mol. The maximum absolute atomic E-state index is 6.35. The Morgan fingerprint density at radius 2 is 1.35 bits per heavy atom. The van der Waals surface area contributed by atoms with Crippen molar-refractivity contribution in [2.75, 3.05) is 0 Å². The lowest BCUT2D eigenvalue weighted by Gasteiger charge is -2.45. The van der Waals surface area contributed by atoms with Gasteiger partial charge in [0.1, 0.15) is 0 Å². The third-order valence-corrected chi connectivity index (χ3v) is 6.30. The van der Waals surface area contributed by atoms with Crippen molar-refractivity contribution in [1.29, 1.82) is 0 Å². The minimum absolute atomic E-state index is 0.166. The highest BCUT2D eigenvalue weighted by molar-refractivity contribution is 4.89. The number of ether oxygens (including phenoxy) is 3. The van der Waals surface area contributed by atoms with Gasteiger partial charge >= 0.3 is 0 Å². The van der Waals surface area contributed by atoms with Gasteiger partial charge in [-0.05, 0) is 38.5 Å². The molecule has 0 aromatic rings. The summed E-state index contributed by atoms with van der Waals surface area (Å²) in [5.41, 5.74) is 0. The molecule has 2 rings (SSSR count). The minimum atomic E-state index is -0.530. The molecule has 2 aliphatic rings. The van der Waals surface area contributed by atoms with E-state index in [0.717, 1.165) is 0 Å². The fourth-order valence-electron chi connectivity index (χ4n) is 3.58. The van der Waals surface area contributed by atoms with Crippen LogP contribution in [0.3, 0.4) is 0 Å². The van der Waals surface area contributed by atoms with Crippen molar-refractivity contribution in [3.63, 3.8) is 0 Å². The summed E-state index contributed by atoms with van der Waals surface area (Å²) in [4.78, 5) is 0. The number of hydrogen-bond acceptors (Lipinski definition) is 3. The van der Waals surface area contributed by atoms with Crippen molar-refractivity contribution in [3.8, 4) is 0 Å². The molecule has 118 valence electrons. The lowest BCUT2D eigenvalue weighted by atomic mass is 9.79. The fourth-order valence-corrected chi connectivity index (χ4v) is 3.58. The van der Waals surface area contributed by atoms with Crippen molar-refractivity contribution < 1.29 is 14.2 Å². The van der Waals surface area contributed by atoms with Crippen LogP contribution in [0.25, 0.3) is 0 Å². The molecule has 9 atom stereocenters. The van der Waals surface area contributed by atoms with Crippen LogP contribution < -0.4 is 0 Å².